The largest absolute Gasteiger partial charge is 0.379 e. The van der Waals surface area contributed by atoms with Crippen LogP contribution in [0.3, 0.4) is 0 Å². The number of rotatable bonds is 6. The summed E-state index contributed by atoms with van der Waals surface area (Å²) in [7, 11) is 3.20. The molecular weight excluding hydrogens is 190 g/mol. The van der Waals surface area contributed by atoms with Crippen molar-refractivity contribution in [3.8, 4) is 0 Å². The van der Waals surface area contributed by atoms with E-state index < -0.39 is 0 Å². The van der Waals surface area contributed by atoms with Gasteiger partial charge in [0.2, 0.25) is 0 Å². The van der Waals surface area contributed by atoms with Crippen LogP contribution in [-0.4, -0.2) is 31.1 Å². The van der Waals surface area contributed by atoms with E-state index in [1.54, 1.807) is 0 Å². The van der Waals surface area contributed by atoms with E-state index in [1.165, 1.54) is 0 Å². The van der Waals surface area contributed by atoms with Gasteiger partial charge in [0, 0.05) is 14.0 Å². The molecule has 0 aliphatic carbocycles. The third-order valence-electron chi connectivity index (χ3n) is 0.970. The lowest BCUT2D eigenvalue weighted by Crippen LogP contribution is -2.08. The molecule has 2 atom stereocenters. The highest BCUT2D eigenvalue weighted by Gasteiger charge is 2.09. The van der Waals surface area contributed by atoms with E-state index in [0.717, 1.165) is 26.0 Å². The minimum absolute atomic E-state index is 0.292. The first kappa shape index (κ1) is 12.8. The average Bonchev–Trinajstić information content (AvgIpc) is 1.94. The van der Waals surface area contributed by atoms with Gasteiger partial charge in [-0.1, -0.05) is 20.8 Å². The van der Waals surface area contributed by atoms with Gasteiger partial charge in [-0.15, -0.1) is 9.24 Å². The molecule has 2 unspecified atom stereocenters. The molecule has 4 heteroatoms. The minimum Gasteiger partial charge on any atom is -0.379 e. The Morgan fingerprint density at radius 2 is 1.83 bits per heavy atom. The quantitative estimate of drug-likeness (QED) is 0.494. The number of hydrogen-bond donors (Lipinski definition) is 0. The Balaban J connectivity index is 3.01. The second-order valence-corrected chi connectivity index (χ2v) is 6.17. The van der Waals surface area contributed by atoms with Gasteiger partial charge in [0.15, 0.2) is 0 Å². The summed E-state index contributed by atoms with van der Waals surface area (Å²) in [5, 5.41) is 0.292. The van der Waals surface area contributed by atoms with Crippen LogP contribution in [-0.2, 0) is 9.26 Å². The van der Waals surface area contributed by atoms with Crippen molar-refractivity contribution in [3.05, 3.63) is 0 Å². The van der Waals surface area contributed by atoms with Crippen molar-refractivity contribution in [1.29, 1.82) is 0 Å². The van der Waals surface area contributed by atoms with Gasteiger partial charge in [0.05, 0.1) is 19.8 Å². The summed E-state index contributed by atoms with van der Waals surface area (Å²) in [6.45, 7) is 8.78. The zero-order chi connectivity index (χ0) is 9.45. The van der Waals surface area contributed by atoms with Crippen LogP contribution in [0.4, 0.5) is 0 Å². The lowest BCUT2D eigenvalue weighted by atomic mass is 10.3. The molecule has 0 saturated carbocycles. The van der Waals surface area contributed by atoms with Gasteiger partial charge in [0.1, 0.15) is 0 Å². The zero-order valence-electron chi connectivity index (χ0n) is 8.22. The molecule has 0 heterocycles. The van der Waals surface area contributed by atoms with Gasteiger partial charge in [-0.2, -0.15) is 0 Å². The van der Waals surface area contributed by atoms with Crippen molar-refractivity contribution in [3.63, 3.8) is 0 Å². The normalized spacial score (nSPS) is 13.0. The average molecular weight is 210 g/mol. The van der Waals surface area contributed by atoms with Crippen molar-refractivity contribution in [1.82, 2.24) is 0 Å². The smallest absolute Gasteiger partial charge is 0.0740 e. The van der Waals surface area contributed by atoms with Gasteiger partial charge in [-0.25, -0.2) is 0 Å². The fraction of sp³-hybridized carbons (Fsp3) is 1.00. The van der Waals surface area contributed by atoms with Crippen molar-refractivity contribution in [2.45, 2.75) is 25.9 Å². The highest BCUT2D eigenvalue weighted by molar-refractivity contribution is 7.34. The molecule has 0 rings (SSSR count). The first-order valence-corrected chi connectivity index (χ1v) is 5.95. The Bertz CT molecular complexity index is 102. The van der Waals surface area contributed by atoms with Crippen molar-refractivity contribution in [2.24, 2.45) is 0 Å². The summed E-state index contributed by atoms with van der Waals surface area (Å²) >= 11 is 0. The summed E-state index contributed by atoms with van der Waals surface area (Å²) in [6.07, 6.45) is 1.00. The molecule has 0 bridgehead atoms. The monoisotopic (exact) mass is 210 g/mol. The van der Waals surface area contributed by atoms with Crippen LogP contribution in [0.15, 0.2) is 0 Å². The van der Waals surface area contributed by atoms with E-state index in [4.69, 9.17) is 9.26 Å². The first-order valence-electron chi connectivity index (χ1n) is 4.23. The van der Waals surface area contributed by atoms with E-state index in [0.29, 0.717) is 14.0 Å². The fourth-order valence-corrected chi connectivity index (χ4v) is 1.34. The van der Waals surface area contributed by atoms with Crippen LogP contribution in [0.25, 0.3) is 0 Å². The predicted molar refractivity (Wildman–Crippen MR) is 59.4 cm³/mol. The summed E-state index contributed by atoms with van der Waals surface area (Å²) in [5.41, 5.74) is 0. The number of ether oxygens (including phenoxy) is 1. The van der Waals surface area contributed by atoms with E-state index in [2.05, 4.69) is 30.0 Å². The van der Waals surface area contributed by atoms with E-state index >= 15 is 0 Å². The Kier molecular flexibility index (Phi) is 7.68. The van der Waals surface area contributed by atoms with Gasteiger partial charge < -0.3 is 9.26 Å². The van der Waals surface area contributed by atoms with Crippen LogP contribution in [0.1, 0.15) is 20.8 Å². The fourth-order valence-electron chi connectivity index (χ4n) is 0.554. The molecule has 0 aliphatic rings. The molecule has 0 spiro atoms. The van der Waals surface area contributed by atoms with Crippen LogP contribution in [0.2, 0.25) is 0 Å². The Labute approximate surface area is 79.9 Å². The van der Waals surface area contributed by atoms with E-state index in [1.807, 2.05) is 0 Å². The molecule has 0 N–H and O–H groups in total. The molecule has 12 heavy (non-hydrogen) atoms. The lowest BCUT2D eigenvalue weighted by Gasteiger charge is -2.17. The maximum absolute atomic E-state index is 5.44. The summed E-state index contributed by atoms with van der Waals surface area (Å²) < 4.78 is 10.7. The Hall–Kier alpha value is 0.780. The molecule has 0 saturated heterocycles. The number of hydrogen-bond acceptors (Lipinski definition) is 2. The van der Waals surface area contributed by atoms with Crippen LogP contribution in [0.5, 0.6) is 0 Å². The maximum Gasteiger partial charge on any atom is 0.0740 e. The van der Waals surface area contributed by atoms with Crippen molar-refractivity contribution in [2.75, 3.05) is 26.0 Å². The van der Waals surface area contributed by atoms with Gasteiger partial charge in [0.25, 0.3) is 0 Å². The molecule has 0 radical (unpaired) electrons. The molecule has 0 aromatic rings. The van der Waals surface area contributed by atoms with E-state index in [9.17, 15) is 0 Å². The van der Waals surface area contributed by atoms with Crippen LogP contribution < -0.4 is 0 Å². The highest BCUT2D eigenvalue weighted by atomic mass is 31.1. The van der Waals surface area contributed by atoms with Gasteiger partial charge in [-0.3, -0.25) is 0 Å². The first-order chi connectivity index (χ1) is 5.56. The third kappa shape index (κ3) is 10.8. The molecule has 0 aromatic carbocycles. The van der Waals surface area contributed by atoms with Gasteiger partial charge >= 0.3 is 0 Å². The highest BCUT2D eigenvalue weighted by Crippen LogP contribution is 2.30. The zero-order valence-corrected chi connectivity index (χ0v) is 10.4. The lowest BCUT2D eigenvalue weighted by molar-refractivity contribution is 0.117. The summed E-state index contributed by atoms with van der Waals surface area (Å²) in [4.78, 5) is 0. The third-order valence-corrected chi connectivity index (χ3v) is 2.17. The van der Waals surface area contributed by atoms with Crippen LogP contribution >= 0.6 is 18.0 Å². The Morgan fingerprint density at radius 1 is 1.17 bits per heavy atom. The van der Waals surface area contributed by atoms with Crippen molar-refractivity contribution < 1.29 is 9.26 Å². The van der Waals surface area contributed by atoms with Crippen molar-refractivity contribution >= 4 is 18.0 Å². The SMILES string of the molecule is CC(C)(C)POCCOCCP. The second kappa shape index (κ2) is 7.21. The topological polar surface area (TPSA) is 18.5 Å². The molecule has 2 nitrogen and oxygen atoms in total. The molecule has 0 aromatic heterocycles. The molecule has 74 valence electrons. The van der Waals surface area contributed by atoms with E-state index in [-0.39, 0.29) is 0 Å². The Morgan fingerprint density at radius 3 is 2.33 bits per heavy atom. The summed E-state index contributed by atoms with van der Waals surface area (Å²) in [6, 6.07) is 0. The maximum atomic E-state index is 5.44. The molecule has 0 amide bonds. The predicted octanol–water partition coefficient (Wildman–Crippen LogP) is 2.29. The summed E-state index contributed by atoms with van der Waals surface area (Å²) in [5.74, 6) is 0. The minimum atomic E-state index is 0.292. The second-order valence-electron chi connectivity index (χ2n) is 3.60. The van der Waals surface area contributed by atoms with Crippen LogP contribution in [0, 0.1) is 0 Å². The molecule has 0 fully saturated rings. The molecule has 0 aliphatic heterocycles. The standard InChI is InChI=1S/C8H20O2P2/c1-8(2,3)12-10-5-4-9-6-7-11/h12H,4-7,11H2,1-3H3. The van der Waals surface area contributed by atoms with Gasteiger partial charge in [-0.05, 0) is 6.16 Å². The molecular formula is C8H20O2P2.